The normalized spacial score (nSPS) is 35.4. The fraction of sp³-hybridized carbons (Fsp3) is 0.714. The Balaban J connectivity index is 1.72. The van der Waals surface area contributed by atoms with Crippen LogP contribution in [0.1, 0.15) is 85.5 Å². The molecule has 0 aromatic heterocycles. The molecule has 0 unspecified atom stereocenters. The van der Waals surface area contributed by atoms with Gasteiger partial charge < -0.3 is 15.3 Å². The standard InChI is InChI=1S/C28H44O3/c1-19(8-6-14-27(3,4)31)25-12-13-26-21(9-7-15-28(25,26)5)10-11-22-16-24(30)17-23(18-29)20(22)2/h10-12,19,23-24,26,29-31H,2,6-9,13-18H2,1,3-5H3/b21-10+,22-11+/t19-,23+,24+,26+,28-/m1/s1. The third kappa shape index (κ3) is 5.61. The summed E-state index contributed by atoms with van der Waals surface area (Å²) in [5.41, 5.74) is 4.93. The Kier molecular flexibility index (Phi) is 7.71. The predicted molar refractivity (Wildman–Crippen MR) is 129 cm³/mol. The van der Waals surface area contributed by atoms with Crippen LogP contribution in [0.4, 0.5) is 0 Å². The number of aliphatic hydroxyl groups excluding tert-OH is 2. The van der Waals surface area contributed by atoms with E-state index in [1.54, 1.807) is 5.57 Å². The summed E-state index contributed by atoms with van der Waals surface area (Å²) in [7, 11) is 0. The van der Waals surface area contributed by atoms with Gasteiger partial charge in [0.15, 0.2) is 0 Å². The zero-order valence-corrected chi connectivity index (χ0v) is 20.2. The van der Waals surface area contributed by atoms with Gasteiger partial charge in [0, 0.05) is 5.92 Å². The number of hydrogen-bond donors (Lipinski definition) is 3. The van der Waals surface area contributed by atoms with E-state index in [0.717, 1.165) is 43.3 Å². The highest BCUT2D eigenvalue weighted by Gasteiger charge is 2.45. The molecular formula is C28H44O3. The molecule has 0 aromatic rings. The molecule has 0 heterocycles. The van der Waals surface area contributed by atoms with Gasteiger partial charge in [-0.05, 0) is 93.6 Å². The first-order chi connectivity index (χ1) is 14.5. The minimum atomic E-state index is -0.573. The van der Waals surface area contributed by atoms with Crippen LogP contribution in [0.5, 0.6) is 0 Å². The van der Waals surface area contributed by atoms with Crippen LogP contribution in [0.25, 0.3) is 0 Å². The molecule has 5 atom stereocenters. The van der Waals surface area contributed by atoms with E-state index < -0.39 is 5.60 Å². The van der Waals surface area contributed by atoms with Crippen molar-refractivity contribution in [3.8, 4) is 0 Å². The molecule has 0 radical (unpaired) electrons. The molecule has 3 N–H and O–H groups in total. The van der Waals surface area contributed by atoms with Crippen molar-refractivity contribution < 1.29 is 15.3 Å². The van der Waals surface area contributed by atoms with Crippen LogP contribution in [-0.2, 0) is 0 Å². The summed E-state index contributed by atoms with van der Waals surface area (Å²) in [5.74, 6) is 1.11. The fourth-order valence-corrected chi connectivity index (χ4v) is 6.38. The molecule has 2 fully saturated rings. The summed E-state index contributed by atoms with van der Waals surface area (Å²) in [4.78, 5) is 0. The lowest BCUT2D eigenvalue weighted by molar-refractivity contribution is 0.0670. The minimum Gasteiger partial charge on any atom is -0.396 e. The molecule has 3 nitrogen and oxygen atoms in total. The Bertz CT molecular complexity index is 751. The van der Waals surface area contributed by atoms with E-state index in [-0.39, 0.29) is 24.0 Å². The first-order valence-electron chi connectivity index (χ1n) is 12.4. The highest BCUT2D eigenvalue weighted by molar-refractivity contribution is 5.39. The summed E-state index contributed by atoms with van der Waals surface area (Å²) in [6, 6.07) is 0. The Hall–Kier alpha value is -1.16. The minimum absolute atomic E-state index is 0.0190. The fourth-order valence-electron chi connectivity index (χ4n) is 6.38. The molecule has 31 heavy (non-hydrogen) atoms. The Morgan fingerprint density at radius 1 is 1.32 bits per heavy atom. The molecule has 3 rings (SSSR count). The monoisotopic (exact) mass is 428 g/mol. The van der Waals surface area contributed by atoms with Gasteiger partial charge in [-0.2, -0.15) is 0 Å². The van der Waals surface area contributed by atoms with E-state index in [0.29, 0.717) is 24.7 Å². The van der Waals surface area contributed by atoms with Crippen LogP contribution in [-0.4, -0.2) is 33.6 Å². The molecule has 0 spiro atoms. The second-order valence-electron chi connectivity index (χ2n) is 11.3. The van der Waals surface area contributed by atoms with Crippen molar-refractivity contribution in [2.45, 2.75) is 97.2 Å². The van der Waals surface area contributed by atoms with Crippen molar-refractivity contribution >= 4 is 0 Å². The quantitative estimate of drug-likeness (QED) is 0.444. The lowest BCUT2D eigenvalue weighted by Gasteiger charge is -2.42. The Morgan fingerprint density at radius 3 is 2.74 bits per heavy atom. The molecule has 174 valence electrons. The van der Waals surface area contributed by atoms with Crippen LogP contribution in [0.15, 0.2) is 47.1 Å². The van der Waals surface area contributed by atoms with Crippen molar-refractivity contribution in [3.63, 3.8) is 0 Å². The predicted octanol–water partition coefficient (Wildman–Crippen LogP) is 5.87. The maximum Gasteiger partial charge on any atom is 0.0591 e. The molecule has 0 saturated heterocycles. The smallest absolute Gasteiger partial charge is 0.0591 e. The summed E-state index contributed by atoms with van der Waals surface area (Å²) in [6.07, 6.45) is 15.7. The zero-order valence-electron chi connectivity index (χ0n) is 20.2. The maximum atomic E-state index is 10.2. The van der Waals surface area contributed by atoms with Gasteiger partial charge in [0.25, 0.3) is 0 Å². The third-order valence-corrected chi connectivity index (χ3v) is 8.20. The molecule has 3 aliphatic rings. The van der Waals surface area contributed by atoms with Crippen molar-refractivity contribution in [2.24, 2.45) is 23.2 Å². The molecule has 0 amide bonds. The number of hydrogen-bond acceptors (Lipinski definition) is 3. The number of fused-ring (bicyclic) bond motifs is 1. The largest absolute Gasteiger partial charge is 0.396 e. The first-order valence-corrected chi connectivity index (χ1v) is 12.4. The molecule has 3 heteroatoms. The Labute approximate surface area is 189 Å². The van der Waals surface area contributed by atoms with Crippen LogP contribution >= 0.6 is 0 Å². The number of allylic oxidation sites excluding steroid dienone is 5. The van der Waals surface area contributed by atoms with E-state index in [9.17, 15) is 15.3 Å². The van der Waals surface area contributed by atoms with Crippen molar-refractivity contribution in [2.75, 3.05) is 6.61 Å². The van der Waals surface area contributed by atoms with Crippen LogP contribution in [0, 0.1) is 23.2 Å². The average molecular weight is 429 g/mol. The van der Waals surface area contributed by atoms with E-state index in [1.165, 1.54) is 18.4 Å². The van der Waals surface area contributed by atoms with Gasteiger partial charge in [-0.15, -0.1) is 0 Å². The van der Waals surface area contributed by atoms with Gasteiger partial charge in [0.05, 0.1) is 18.3 Å². The summed E-state index contributed by atoms with van der Waals surface area (Å²) >= 11 is 0. The highest BCUT2D eigenvalue weighted by Crippen LogP contribution is 2.57. The lowest BCUT2D eigenvalue weighted by atomic mass is 9.62. The molecule has 0 aromatic carbocycles. The van der Waals surface area contributed by atoms with E-state index in [4.69, 9.17) is 0 Å². The van der Waals surface area contributed by atoms with Gasteiger partial charge in [-0.25, -0.2) is 0 Å². The highest BCUT2D eigenvalue weighted by atomic mass is 16.3. The van der Waals surface area contributed by atoms with E-state index in [2.05, 4.69) is 38.7 Å². The van der Waals surface area contributed by atoms with Gasteiger partial charge in [0.2, 0.25) is 0 Å². The number of rotatable bonds is 7. The molecule has 2 saturated carbocycles. The van der Waals surface area contributed by atoms with Crippen LogP contribution in [0.3, 0.4) is 0 Å². The van der Waals surface area contributed by atoms with Crippen molar-refractivity contribution in [1.82, 2.24) is 0 Å². The zero-order chi connectivity index (χ0) is 22.8. The second-order valence-corrected chi connectivity index (χ2v) is 11.3. The van der Waals surface area contributed by atoms with Gasteiger partial charge in [-0.1, -0.05) is 56.2 Å². The molecular weight excluding hydrogens is 384 g/mol. The lowest BCUT2D eigenvalue weighted by Crippen LogP contribution is -2.32. The molecule has 0 aliphatic heterocycles. The summed E-state index contributed by atoms with van der Waals surface area (Å²) < 4.78 is 0. The number of aliphatic hydroxyl groups is 3. The summed E-state index contributed by atoms with van der Waals surface area (Å²) in [5, 5.41) is 29.9. The van der Waals surface area contributed by atoms with Crippen molar-refractivity contribution in [1.29, 1.82) is 0 Å². The van der Waals surface area contributed by atoms with E-state index in [1.807, 2.05) is 13.8 Å². The SMILES string of the molecule is C=C1/C(=C/C=C2\CCC[C@]3(C)C([C@H](C)CCCC(C)(C)O)=CC[C@@H]23)C[C@H](O)C[C@H]1CO. The van der Waals surface area contributed by atoms with Gasteiger partial charge in [-0.3, -0.25) is 0 Å². The summed E-state index contributed by atoms with van der Waals surface area (Å²) in [6.45, 7) is 12.9. The molecule has 0 bridgehead atoms. The van der Waals surface area contributed by atoms with Gasteiger partial charge >= 0.3 is 0 Å². The Morgan fingerprint density at radius 2 is 2.06 bits per heavy atom. The third-order valence-electron chi connectivity index (χ3n) is 8.20. The van der Waals surface area contributed by atoms with Crippen LogP contribution < -0.4 is 0 Å². The van der Waals surface area contributed by atoms with Gasteiger partial charge in [0.1, 0.15) is 0 Å². The molecule has 3 aliphatic carbocycles. The first kappa shape index (κ1) is 24.5. The van der Waals surface area contributed by atoms with E-state index >= 15 is 0 Å². The van der Waals surface area contributed by atoms with Crippen molar-refractivity contribution in [3.05, 3.63) is 47.1 Å². The second kappa shape index (κ2) is 9.77. The average Bonchev–Trinajstić information content (AvgIpc) is 3.04. The topological polar surface area (TPSA) is 60.7 Å². The maximum absolute atomic E-state index is 10.2. The van der Waals surface area contributed by atoms with Crippen LogP contribution in [0.2, 0.25) is 0 Å².